The fourth-order valence-electron chi connectivity index (χ4n) is 4.58. The Labute approximate surface area is 168 Å². The highest BCUT2D eigenvalue weighted by Crippen LogP contribution is 2.36. The van der Waals surface area contributed by atoms with Gasteiger partial charge in [0.1, 0.15) is 0 Å². The van der Waals surface area contributed by atoms with E-state index in [1.54, 1.807) is 0 Å². The second-order valence-corrected chi connectivity index (χ2v) is 7.59. The second kappa shape index (κ2) is 6.11. The van der Waals surface area contributed by atoms with E-state index in [2.05, 4.69) is 66.7 Å². The van der Waals surface area contributed by atoms with Crippen molar-refractivity contribution in [2.24, 2.45) is 0 Å². The number of pyridine rings is 1. The number of aromatic nitrogens is 1. The van der Waals surface area contributed by atoms with E-state index in [9.17, 15) is 4.79 Å². The minimum Gasteiger partial charge on any atom is -0.287 e. The molecule has 0 spiro atoms. The Morgan fingerprint density at radius 1 is 0.621 bits per heavy atom. The number of carbonyl (C=O) groups is 1. The van der Waals surface area contributed by atoms with Gasteiger partial charge in [-0.05, 0) is 50.5 Å². The van der Waals surface area contributed by atoms with Crippen molar-refractivity contribution in [3.8, 4) is 0 Å². The highest BCUT2D eigenvalue weighted by Gasteiger charge is 2.19. The van der Waals surface area contributed by atoms with E-state index in [-0.39, 0.29) is 5.78 Å². The van der Waals surface area contributed by atoms with E-state index in [1.807, 2.05) is 35.0 Å². The first-order chi connectivity index (χ1) is 14.3. The molecule has 0 amide bonds. The summed E-state index contributed by atoms with van der Waals surface area (Å²) in [6.45, 7) is 0.325. The van der Waals surface area contributed by atoms with Crippen LogP contribution in [0, 0.1) is 0 Å². The molecule has 2 heteroatoms. The first-order valence-electron chi connectivity index (χ1n) is 9.86. The van der Waals surface area contributed by atoms with Gasteiger partial charge < -0.3 is 0 Å². The smallest absolute Gasteiger partial charge is 0.228 e. The number of fused-ring (bicyclic) bond motifs is 1. The highest BCUT2D eigenvalue weighted by atomic mass is 16.1. The summed E-state index contributed by atoms with van der Waals surface area (Å²) in [4.78, 5) is 13.4. The Morgan fingerprint density at radius 3 is 2.14 bits per heavy atom. The number of hydrogen-bond acceptors (Lipinski definition) is 1. The van der Waals surface area contributed by atoms with Crippen LogP contribution in [0.5, 0.6) is 0 Å². The lowest BCUT2D eigenvalue weighted by Gasteiger charge is -2.13. The zero-order valence-electron chi connectivity index (χ0n) is 15.8. The molecule has 29 heavy (non-hydrogen) atoms. The van der Waals surface area contributed by atoms with Crippen molar-refractivity contribution in [3.63, 3.8) is 0 Å². The van der Waals surface area contributed by atoms with E-state index in [1.165, 1.54) is 26.9 Å². The van der Waals surface area contributed by atoms with Gasteiger partial charge in [0.15, 0.2) is 6.20 Å². The topological polar surface area (TPSA) is 20.9 Å². The molecule has 0 aliphatic rings. The summed E-state index contributed by atoms with van der Waals surface area (Å²) >= 11 is 0. The molecule has 6 aromatic rings. The number of nitrogens with zero attached hydrogens (tertiary/aromatic N) is 1. The molecule has 5 aromatic carbocycles. The van der Waals surface area contributed by atoms with Crippen LogP contribution >= 0.6 is 0 Å². The Hall–Kier alpha value is -3.78. The fraction of sp³-hybridized carbons (Fsp3) is 0.0370. The third kappa shape index (κ3) is 2.43. The molecule has 0 N–H and O–H groups in total. The number of Topliss-reactive ketones (excluding diaryl/α,β-unsaturated/α-hetero) is 1. The van der Waals surface area contributed by atoms with E-state index >= 15 is 0 Å². The molecule has 0 atom stereocenters. The largest absolute Gasteiger partial charge is 0.287 e. The van der Waals surface area contributed by atoms with E-state index in [4.69, 9.17) is 0 Å². The lowest BCUT2D eigenvalue weighted by Crippen LogP contribution is -2.38. The van der Waals surface area contributed by atoms with Gasteiger partial charge in [0, 0.05) is 23.1 Å². The van der Waals surface area contributed by atoms with Crippen molar-refractivity contribution >= 4 is 49.0 Å². The molecule has 2 nitrogen and oxygen atoms in total. The Morgan fingerprint density at radius 2 is 1.28 bits per heavy atom. The maximum Gasteiger partial charge on any atom is 0.228 e. The average Bonchev–Trinajstić information content (AvgIpc) is 2.77. The van der Waals surface area contributed by atoms with Gasteiger partial charge in [0.25, 0.3) is 0 Å². The van der Waals surface area contributed by atoms with Gasteiger partial charge in [-0.3, -0.25) is 4.79 Å². The number of carbonyl (C=O) groups excluding carboxylic acids is 1. The molecule has 136 valence electrons. The second-order valence-electron chi connectivity index (χ2n) is 7.59. The molecule has 0 bridgehead atoms. The van der Waals surface area contributed by atoms with Crippen LogP contribution in [0.15, 0.2) is 97.2 Å². The average molecular weight is 372 g/mol. The third-order valence-corrected chi connectivity index (χ3v) is 5.93. The Kier molecular flexibility index (Phi) is 3.41. The van der Waals surface area contributed by atoms with Gasteiger partial charge >= 0.3 is 0 Å². The van der Waals surface area contributed by atoms with Crippen LogP contribution in [0.25, 0.3) is 43.2 Å². The molecule has 0 saturated heterocycles. The molecular formula is C27H18NO+. The standard InChI is InChI=1S/C27H18NO/c29-25(17-28-16-4-8-18-5-1-2-9-24(18)28)22-14-12-21-11-10-19-6-3-7-20-13-15-23(22)27(21)26(19)20/h1-16H,17H2/q+1. The van der Waals surface area contributed by atoms with Crippen LogP contribution in [0.2, 0.25) is 0 Å². The highest BCUT2D eigenvalue weighted by molar-refractivity contribution is 6.26. The normalized spacial score (nSPS) is 11.7. The maximum absolute atomic E-state index is 13.4. The number of para-hydroxylation sites is 1. The number of hydrogen-bond donors (Lipinski definition) is 0. The lowest BCUT2D eigenvalue weighted by atomic mass is 9.91. The quantitative estimate of drug-likeness (QED) is 0.215. The molecule has 0 unspecified atom stereocenters. The minimum atomic E-state index is 0.129. The van der Waals surface area contributed by atoms with Crippen molar-refractivity contribution in [3.05, 3.63) is 103 Å². The van der Waals surface area contributed by atoms with E-state index in [0.29, 0.717) is 6.54 Å². The molecule has 0 aliphatic carbocycles. The summed E-state index contributed by atoms with van der Waals surface area (Å²) in [5, 5.41) is 8.22. The van der Waals surface area contributed by atoms with Gasteiger partial charge in [-0.2, -0.15) is 4.57 Å². The van der Waals surface area contributed by atoms with Gasteiger partial charge in [-0.15, -0.1) is 0 Å². The number of ketones is 1. The van der Waals surface area contributed by atoms with Crippen LogP contribution in [-0.4, -0.2) is 5.78 Å². The van der Waals surface area contributed by atoms with Crippen LogP contribution < -0.4 is 4.57 Å². The zero-order chi connectivity index (χ0) is 19.4. The molecule has 1 heterocycles. The van der Waals surface area contributed by atoms with Gasteiger partial charge in [-0.1, -0.05) is 60.7 Å². The van der Waals surface area contributed by atoms with Crippen molar-refractivity contribution in [2.75, 3.05) is 0 Å². The summed E-state index contributed by atoms with van der Waals surface area (Å²) in [6, 6.07) is 31.2. The SMILES string of the molecule is O=C(C[n+]1cccc2ccccc21)c1ccc2ccc3cccc4ccc1c2c34. The first-order valence-corrected chi connectivity index (χ1v) is 9.86. The molecule has 0 saturated carbocycles. The number of rotatable bonds is 3. The van der Waals surface area contributed by atoms with Crippen LogP contribution in [0.1, 0.15) is 10.4 Å². The number of benzene rings is 5. The maximum atomic E-state index is 13.4. The zero-order valence-corrected chi connectivity index (χ0v) is 15.8. The monoisotopic (exact) mass is 372 g/mol. The van der Waals surface area contributed by atoms with E-state index in [0.717, 1.165) is 21.9 Å². The first kappa shape index (κ1) is 16.2. The molecule has 1 aromatic heterocycles. The predicted molar refractivity (Wildman–Crippen MR) is 119 cm³/mol. The molecule has 0 aliphatic heterocycles. The summed E-state index contributed by atoms with van der Waals surface area (Å²) in [5.41, 5.74) is 1.86. The van der Waals surface area contributed by atoms with Crippen molar-refractivity contribution in [2.45, 2.75) is 6.54 Å². The molecule has 0 fully saturated rings. The summed E-state index contributed by atoms with van der Waals surface area (Å²) in [5.74, 6) is 0.129. The summed E-state index contributed by atoms with van der Waals surface area (Å²) < 4.78 is 2.04. The van der Waals surface area contributed by atoms with Gasteiger partial charge in [-0.25, -0.2) is 0 Å². The molecule has 0 radical (unpaired) electrons. The van der Waals surface area contributed by atoms with Crippen LogP contribution in [0.4, 0.5) is 0 Å². The van der Waals surface area contributed by atoms with Crippen LogP contribution in [0.3, 0.4) is 0 Å². The van der Waals surface area contributed by atoms with Crippen molar-refractivity contribution < 1.29 is 9.36 Å². The van der Waals surface area contributed by atoms with Crippen LogP contribution in [-0.2, 0) is 6.54 Å². The minimum absolute atomic E-state index is 0.129. The third-order valence-electron chi connectivity index (χ3n) is 5.93. The summed E-state index contributed by atoms with van der Waals surface area (Å²) in [7, 11) is 0. The lowest BCUT2D eigenvalue weighted by molar-refractivity contribution is -0.657. The Bertz CT molecular complexity index is 1530. The van der Waals surface area contributed by atoms with E-state index < -0.39 is 0 Å². The fourth-order valence-corrected chi connectivity index (χ4v) is 4.58. The van der Waals surface area contributed by atoms with Gasteiger partial charge in [0.2, 0.25) is 17.8 Å². The van der Waals surface area contributed by atoms with Crippen molar-refractivity contribution in [1.29, 1.82) is 0 Å². The molecule has 6 rings (SSSR count). The van der Waals surface area contributed by atoms with Crippen molar-refractivity contribution in [1.82, 2.24) is 0 Å². The Balaban J connectivity index is 1.54. The summed E-state index contributed by atoms with van der Waals surface area (Å²) in [6.07, 6.45) is 1.98. The molecular weight excluding hydrogens is 354 g/mol. The predicted octanol–water partition coefficient (Wildman–Crippen LogP) is 5.91. The van der Waals surface area contributed by atoms with Gasteiger partial charge in [0.05, 0.1) is 0 Å².